The molecule has 0 bridgehead atoms. The Labute approximate surface area is 473 Å². The zero-order valence-electron chi connectivity index (χ0n) is 34.2. The molecule has 26 nitrogen and oxygen atoms in total. The first-order valence-corrected chi connectivity index (χ1v) is 23.1. The van der Waals surface area contributed by atoms with Crippen molar-refractivity contribution in [2.75, 3.05) is 31.0 Å². The van der Waals surface area contributed by atoms with Gasteiger partial charge in [-0.1, -0.05) is 28.3 Å². The van der Waals surface area contributed by atoms with E-state index in [0.717, 1.165) is 30.3 Å². The Morgan fingerprint density at radius 2 is 1.18 bits per heavy atom. The summed E-state index contributed by atoms with van der Waals surface area (Å²) >= 11 is 0. The molecule has 0 aliphatic rings. The number of fused-ring (bicyclic) bond motifs is 1. The van der Waals surface area contributed by atoms with Crippen LogP contribution in [0.3, 0.4) is 0 Å². The molecule has 65 heavy (non-hydrogen) atoms. The SMILES string of the molecule is O=S(=O)([O-])O.O=S(=O)([O-])O.O=S(=O)=O.[CH2-]CS(=O)(=O)c1ccc(S(=O)(=O)[O-])c(N=Nc2c(NC)ccc3c(O)c(N=Nc4cc(OC)c(S(=O)(=O)C[CH2-])cc4O)[c-]cc23)c1.[Cu].[Na+].[Na+].[Na+].[Na+]. The minimum atomic E-state index is -5.08. The number of rotatable bonds is 11. The predicted molar refractivity (Wildman–Crippen MR) is 201 cm³/mol. The smallest absolute Gasteiger partial charge is 0.744 e. The molecule has 0 saturated carbocycles. The van der Waals surface area contributed by atoms with Crippen LogP contribution in [0.5, 0.6) is 17.2 Å². The molecule has 0 aliphatic carbocycles. The fraction of sp³-hybridized carbons (Fsp3) is 0.143. The third kappa shape index (κ3) is 25.6. The van der Waals surface area contributed by atoms with Crippen molar-refractivity contribution in [1.29, 1.82) is 0 Å². The maximum Gasteiger partial charge on any atom is 1.00 e. The quantitative estimate of drug-likeness (QED) is 0.0306. The monoisotopic (exact) mass is 1120 g/mol. The summed E-state index contributed by atoms with van der Waals surface area (Å²) < 4.78 is 181. The number of sulfone groups is 2. The summed E-state index contributed by atoms with van der Waals surface area (Å²) in [5.41, 5.74) is -0.502. The molecule has 0 saturated heterocycles. The first-order chi connectivity index (χ1) is 27.3. The van der Waals surface area contributed by atoms with Crippen LogP contribution in [0.4, 0.5) is 28.4 Å². The van der Waals surface area contributed by atoms with Crippen molar-refractivity contribution in [3.63, 3.8) is 0 Å². The molecule has 343 valence electrons. The van der Waals surface area contributed by atoms with Crippen LogP contribution in [0.15, 0.2) is 83.7 Å². The number of methoxy groups -OCH3 is 1. The molecular weight excluding hydrogens is 1090 g/mol. The number of aromatic hydroxyl groups is 2. The maximum absolute atomic E-state index is 12.3. The van der Waals surface area contributed by atoms with Crippen molar-refractivity contribution in [2.45, 2.75) is 14.7 Å². The van der Waals surface area contributed by atoms with E-state index in [0.29, 0.717) is 5.69 Å². The van der Waals surface area contributed by atoms with Gasteiger partial charge < -0.3 is 47.8 Å². The third-order valence-corrected chi connectivity index (χ3v) is 10.4. The Balaban J connectivity index is -0.000000552. The molecule has 0 unspecified atom stereocenters. The van der Waals surface area contributed by atoms with E-state index in [-0.39, 0.29) is 179 Å². The van der Waals surface area contributed by atoms with E-state index in [1.165, 1.54) is 25.3 Å². The van der Waals surface area contributed by atoms with Crippen LogP contribution in [0, 0.1) is 19.9 Å². The van der Waals surface area contributed by atoms with Gasteiger partial charge in [0.25, 0.3) is 0 Å². The van der Waals surface area contributed by atoms with Crippen molar-refractivity contribution >= 4 is 100 Å². The number of nitrogens with one attached hydrogen (secondary N) is 1. The minimum Gasteiger partial charge on any atom is -0.744 e. The van der Waals surface area contributed by atoms with Crippen molar-refractivity contribution in [2.24, 2.45) is 20.5 Å². The Hall–Kier alpha value is -0.771. The summed E-state index contributed by atoms with van der Waals surface area (Å²) in [5.74, 6) is -2.10. The molecule has 0 aromatic heterocycles. The second-order valence-electron chi connectivity index (χ2n) is 10.3. The molecule has 0 fully saturated rings. The molecule has 0 aliphatic heterocycles. The van der Waals surface area contributed by atoms with Gasteiger partial charge in [-0.25, -0.2) is 42.1 Å². The van der Waals surface area contributed by atoms with Crippen molar-refractivity contribution in [3.8, 4) is 17.2 Å². The van der Waals surface area contributed by atoms with Crippen LogP contribution in [0.1, 0.15) is 0 Å². The number of hydrogen-bond acceptors (Lipinski definition) is 24. The van der Waals surface area contributed by atoms with Crippen LogP contribution < -0.4 is 128 Å². The van der Waals surface area contributed by atoms with Gasteiger partial charge in [-0.15, -0.1) is 17.7 Å². The van der Waals surface area contributed by atoms with Gasteiger partial charge in [0, 0.05) is 53.4 Å². The topological polar surface area (TPSA) is 443 Å². The van der Waals surface area contributed by atoms with E-state index in [1.54, 1.807) is 7.05 Å². The van der Waals surface area contributed by atoms with Crippen molar-refractivity contribution in [1.82, 2.24) is 0 Å². The maximum atomic E-state index is 12.3. The molecule has 4 rings (SSSR count). The molecule has 4 aromatic rings. The van der Waals surface area contributed by atoms with E-state index in [9.17, 15) is 40.0 Å². The van der Waals surface area contributed by atoms with E-state index >= 15 is 0 Å². The van der Waals surface area contributed by atoms with Gasteiger partial charge in [-0.05, 0) is 24.3 Å². The van der Waals surface area contributed by atoms with Crippen LogP contribution in [0.2, 0.25) is 0 Å². The summed E-state index contributed by atoms with van der Waals surface area (Å²) in [5, 5.41) is 40.5. The average molecular weight is 1120 g/mol. The second kappa shape index (κ2) is 31.5. The third-order valence-electron chi connectivity index (χ3n) is 6.53. The van der Waals surface area contributed by atoms with Gasteiger partial charge in [0.05, 0.1) is 22.6 Å². The summed E-state index contributed by atoms with van der Waals surface area (Å²) in [7, 11) is -23.0. The second-order valence-corrected chi connectivity index (χ2v) is 18.0. The molecule has 0 spiro atoms. The van der Waals surface area contributed by atoms with E-state index in [2.05, 4.69) is 45.7 Å². The minimum absolute atomic E-state index is 0. The Morgan fingerprint density at radius 3 is 1.62 bits per heavy atom. The summed E-state index contributed by atoms with van der Waals surface area (Å²) in [6.45, 7) is 6.71. The van der Waals surface area contributed by atoms with Crippen molar-refractivity contribution < 1.29 is 228 Å². The number of anilines is 1. The van der Waals surface area contributed by atoms with Crippen LogP contribution >= 0.6 is 0 Å². The molecule has 1 radical (unpaired) electrons. The van der Waals surface area contributed by atoms with Crippen molar-refractivity contribution in [3.05, 3.63) is 68.4 Å². The predicted octanol–water partition coefficient (Wildman–Crippen LogP) is -9.93. The zero-order valence-corrected chi connectivity index (χ0v) is 48.1. The Bertz CT molecular complexity index is 2950. The average Bonchev–Trinajstić information content (AvgIpc) is 3.11. The van der Waals surface area contributed by atoms with Crippen LogP contribution in [-0.2, 0) is 78.3 Å². The zero-order chi connectivity index (χ0) is 46.6. The number of phenols is 2. The first kappa shape index (κ1) is 73.2. The fourth-order valence-corrected chi connectivity index (χ4v) is 6.47. The standard InChI is InChI=1S/C28H26N5O10S3.Cu.4Na.2H2O4S.O3S/c1-5-44(36,37)16-7-12-25(46(40,41)42)22(13-16)32-33-27-17-8-11-20(28(35)18(17)9-10-19(27)29-3)30-31-21-14-24(43-4)26(15-23(21)34)45(38,39)6-2;;;;;;2*1-5(2,3)4;1-4(2)3/h7-10,12-15,29,34-35H,1-2,5-6H2,3-4H3,(H,40,41,42);;;;;;2*(H2,1,2,3,4);/q-3;;4*+1;;;/p-3. The molecule has 0 atom stereocenters. The molecular formula is C28H27CuN5Na4O21S6-2. The molecule has 0 amide bonds. The van der Waals surface area contributed by atoms with Gasteiger partial charge in [-0.2, -0.15) is 27.5 Å². The van der Waals surface area contributed by atoms with Gasteiger partial charge >= 0.3 is 129 Å². The first-order valence-electron chi connectivity index (χ1n) is 14.7. The summed E-state index contributed by atoms with van der Waals surface area (Å²) in [4.78, 5) is -1.42. The Kier molecular flexibility index (Phi) is 35.4. The normalized spacial score (nSPS) is 11.2. The Morgan fingerprint density at radius 1 is 0.708 bits per heavy atom. The largest absolute Gasteiger partial charge is 1.00 e. The number of nitrogens with zero attached hydrogens (tertiary/aromatic N) is 4. The van der Waals surface area contributed by atoms with Gasteiger partial charge in [0.2, 0.25) is 20.8 Å². The summed E-state index contributed by atoms with van der Waals surface area (Å²) in [6.07, 6.45) is 0. The van der Waals surface area contributed by atoms with Gasteiger partial charge in [0.1, 0.15) is 37.9 Å². The number of ether oxygens (including phenoxy) is 1. The van der Waals surface area contributed by atoms with E-state index < -0.39 is 94.8 Å². The van der Waals surface area contributed by atoms with Gasteiger partial charge in [0.15, 0.2) is 19.7 Å². The summed E-state index contributed by atoms with van der Waals surface area (Å²) in [6, 6.07) is 11.8. The van der Waals surface area contributed by atoms with Crippen LogP contribution in [0.25, 0.3) is 10.8 Å². The van der Waals surface area contributed by atoms with Gasteiger partial charge in [-0.3, -0.25) is 9.11 Å². The molecule has 5 N–H and O–H groups in total. The van der Waals surface area contributed by atoms with Crippen LogP contribution in [-0.4, -0.2) is 113 Å². The number of azo groups is 2. The van der Waals surface area contributed by atoms with E-state index in [1.807, 2.05) is 0 Å². The number of benzene rings is 4. The fourth-order valence-electron chi connectivity index (χ4n) is 4.12. The van der Waals surface area contributed by atoms with E-state index in [4.69, 9.17) is 52.4 Å². The number of phenolic OH excluding ortho intramolecular Hbond substituents is 2. The molecule has 37 heteroatoms. The molecule has 4 aromatic carbocycles. The number of hydrogen-bond donors (Lipinski definition) is 5. The molecule has 0 heterocycles.